The molecule has 0 saturated heterocycles. The van der Waals surface area contributed by atoms with Gasteiger partial charge >= 0.3 is 0 Å². The molecule has 0 aromatic heterocycles. The van der Waals surface area contributed by atoms with Crippen molar-refractivity contribution < 1.29 is 13.5 Å². The fourth-order valence-electron chi connectivity index (χ4n) is 2.06. The standard InChI is InChI=1S/C14H21F2NO/c1-5-14(2,18-4)13(17-3)8-10-6-7-11(15)9-12(10)16/h6-7,9,13,17H,5,8H2,1-4H3. The normalized spacial score (nSPS) is 16.3. The monoisotopic (exact) mass is 257 g/mol. The first-order valence-electron chi connectivity index (χ1n) is 6.13. The fourth-order valence-corrected chi connectivity index (χ4v) is 2.06. The summed E-state index contributed by atoms with van der Waals surface area (Å²) in [7, 11) is 3.47. The van der Waals surface area contributed by atoms with Crippen LogP contribution in [-0.4, -0.2) is 25.8 Å². The summed E-state index contributed by atoms with van der Waals surface area (Å²) in [6.45, 7) is 4.00. The molecule has 1 aromatic carbocycles. The minimum atomic E-state index is -0.553. The maximum Gasteiger partial charge on any atom is 0.129 e. The third-order valence-corrected chi connectivity index (χ3v) is 3.69. The summed E-state index contributed by atoms with van der Waals surface area (Å²) in [5.41, 5.74) is 0.114. The van der Waals surface area contributed by atoms with E-state index in [-0.39, 0.29) is 11.6 Å². The van der Waals surface area contributed by atoms with Crippen molar-refractivity contribution in [1.82, 2.24) is 5.32 Å². The van der Waals surface area contributed by atoms with Crippen LogP contribution in [0.5, 0.6) is 0 Å². The lowest BCUT2D eigenvalue weighted by atomic mass is 9.88. The van der Waals surface area contributed by atoms with Gasteiger partial charge in [0, 0.05) is 19.2 Å². The van der Waals surface area contributed by atoms with Crippen molar-refractivity contribution in [3.63, 3.8) is 0 Å². The number of nitrogens with one attached hydrogen (secondary N) is 1. The molecule has 0 aliphatic heterocycles. The molecule has 0 spiro atoms. The van der Waals surface area contributed by atoms with Crippen LogP contribution in [0.1, 0.15) is 25.8 Å². The second-order valence-electron chi connectivity index (χ2n) is 4.65. The van der Waals surface area contributed by atoms with Crippen LogP contribution in [0.15, 0.2) is 18.2 Å². The number of ether oxygens (including phenoxy) is 1. The van der Waals surface area contributed by atoms with Gasteiger partial charge in [-0.1, -0.05) is 13.0 Å². The molecule has 0 aliphatic rings. The van der Waals surface area contributed by atoms with E-state index in [2.05, 4.69) is 5.32 Å². The van der Waals surface area contributed by atoms with E-state index in [0.717, 1.165) is 12.5 Å². The minimum absolute atomic E-state index is 0.0348. The maximum atomic E-state index is 13.6. The van der Waals surface area contributed by atoms with Gasteiger partial charge in [-0.25, -0.2) is 8.78 Å². The Morgan fingerprint density at radius 1 is 1.39 bits per heavy atom. The SMILES string of the molecule is CCC(C)(OC)C(Cc1ccc(F)cc1F)NC. The zero-order valence-electron chi connectivity index (χ0n) is 11.4. The van der Waals surface area contributed by atoms with Crippen LogP contribution in [0, 0.1) is 11.6 Å². The van der Waals surface area contributed by atoms with Crippen molar-refractivity contribution in [3.05, 3.63) is 35.4 Å². The third kappa shape index (κ3) is 3.27. The first-order chi connectivity index (χ1) is 8.46. The Labute approximate surface area is 107 Å². The quantitative estimate of drug-likeness (QED) is 0.846. The highest BCUT2D eigenvalue weighted by atomic mass is 19.1. The molecule has 18 heavy (non-hydrogen) atoms. The topological polar surface area (TPSA) is 21.3 Å². The van der Waals surface area contributed by atoms with E-state index in [9.17, 15) is 8.78 Å². The lowest BCUT2D eigenvalue weighted by molar-refractivity contribution is -0.0270. The molecular formula is C14H21F2NO. The number of rotatable bonds is 6. The average molecular weight is 257 g/mol. The molecule has 1 N–H and O–H groups in total. The first-order valence-corrected chi connectivity index (χ1v) is 6.13. The van der Waals surface area contributed by atoms with E-state index < -0.39 is 11.6 Å². The van der Waals surface area contributed by atoms with E-state index in [4.69, 9.17) is 4.74 Å². The zero-order chi connectivity index (χ0) is 13.8. The molecule has 0 heterocycles. The van der Waals surface area contributed by atoms with Gasteiger partial charge in [0.1, 0.15) is 11.6 Å². The molecule has 0 aliphatic carbocycles. The highest BCUT2D eigenvalue weighted by molar-refractivity contribution is 5.20. The van der Waals surface area contributed by atoms with Crippen molar-refractivity contribution in [3.8, 4) is 0 Å². The number of hydrogen-bond donors (Lipinski definition) is 1. The average Bonchev–Trinajstić information content (AvgIpc) is 2.37. The van der Waals surface area contributed by atoms with Gasteiger partial charge in [0.05, 0.1) is 5.60 Å². The first kappa shape index (κ1) is 15.1. The lowest BCUT2D eigenvalue weighted by Crippen LogP contribution is -2.49. The molecule has 0 saturated carbocycles. The Kier molecular flexibility index (Phi) is 5.23. The van der Waals surface area contributed by atoms with Gasteiger partial charge in [-0.05, 0) is 38.4 Å². The number of benzene rings is 1. The molecule has 4 heteroatoms. The van der Waals surface area contributed by atoms with Gasteiger partial charge in [0.2, 0.25) is 0 Å². The van der Waals surface area contributed by atoms with Gasteiger partial charge in [-0.3, -0.25) is 0 Å². The Bertz CT molecular complexity index is 391. The van der Waals surface area contributed by atoms with Gasteiger partial charge in [-0.15, -0.1) is 0 Å². The molecule has 1 aromatic rings. The summed E-state index contributed by atoms with van der Waals surface area (Å²) in [6.07, 6.45) is 1.26. The molecule has 0 fully saturated rings. The molecular weight excluding hydrogens is 236 g/mol. The van der Waals surface area contributed by atoms with E-state index in [1.807, 2.05) is 20.9 Å². The molecule has 1 rings (SSSR count). The number of methoxy groups -OCH3 is 1. The summed E-state index contributed by atoms with van der Waals surface area (Å²) < 4.78 is 32.0. The van der Waals surface area contributed by atoms with Crippen LogP contribution in [0.4, 0.5) is 8.78 Å². The summed E-state index contributed by atoms with van der Waals surface area (Å²) in [5.74, 6) is -1.06. The maximum absolute atomic E-state index is 13.6. The molecule has 2 atom stereocenters. The highest BCUT2D eigenvalue weighted by Gasteiger charge is 2.32. The van der Waals surface area contributed by atoms with Gasteiger partial charge < -0.3 is 10.1 Å². The lowest BCUT2D eigenvalue weighted by Gasteiger charge is -2.35. The van der Waals surface area contributed by atoms with Crippen LogP contribution in [0.3, 0.4) is 0 Å². The van der Waals surface area contributed by atoms with Gasteiger partial charge in [0.15, 0.2) is 0 Å². The van der Waals surface area contributed by atoms with Crippen LogP contribution in [0.2, 0.25) is 0 Å². The van der Waals surface area contributed by atoms with Crippen molar-refractivity contribution in [1.29, 1.82) is 0 Å². The van der Waals surface area contributed by atoms with Crippen LogP contribution < -0.4 is 5.32 Å². The van der Waals surface area contributed by atoms with Crippen molar-refractivity contribution in [2.75, 3.05) is 14.2 Å². The molecule has 2 unspecified atom stereocenters. The number of halogens is 2. The molecule has 2 nitrogen and oxygen atoms in total. The molecule has 0 amide bonds. The van der Waals surface area contributed by atoms with Crippen LogP contribution in [0.25, 0.3) is 0 Å². The smallest absolute Gasteiger partial charge is 0.129 e. The Balaban J connectivity index is 2.92. The van der Waals surface area contributed by atoms with Crippen LogP contribution in [-0.2, 0) is 11.2 Å². The predicted octanol–water partition coefficient (Wildman–Crippen LogP) is 2.91. The summed E-state index contributed by atoms with van der Waals surface area (Å²) in [4.78, 5) is 0. The number of hydrogen-bond acceptors (Lipinski definition) is 2. The third-order valence-electron chi connectivity index (χ3n) is 3.69. The summed E-state index contributed by atoms with van der Waals surface area (Å²) in [6, 6.07) is 3.65. The second kappa shape index (κ2) is 6.25. The Morgan fingerprint density at radius 2 is 2.06 bits per heavy atom. The van der Waals surface area contributed by atoms with Crippen LogP contribution >= 0.6 is 0 Å². The Morgan fingerprint density at radius 3 is 2.50 bits per heavy atom. The van der Waals surface area contributed by atoms with E-state index >= 15 is 0 Å². The highest BCUT2D eigenvalue weighted by Crippen LogP contribution is 2.23. The van der Waals surface area contributed by atoms with Crippen molar-refractivity contribution in [2.24, 2.45) is 0 Å². The predicted molar refractivity (Wildman–Crippen MR) is 68.6 cm³/mol. The van der Waals surface area contributed by atoms with Gasteiger partial charge in [0.25, 0.3) is 0 Å². The second-order valence-corrected chi connectivity index (χ2v) is 4.65. The molecule has 0 bridgehead atoms. The van der Waals surface area contributed by atoms with E-state index in [1.54, 1.807) is 7.11 Å². The summed E-state index contributed by atoms with van der Waals surface area (Å²) in [5, 5.41) is 3.15. The Hall–Kier alpha value is -1.00. The number of likely N-dealkylation sites (N-methyl/N-ethyl adjacent to an activating group) is 1. The van der Waals surface area contributed by atoms with Crippen molar-refractivity contribution >= 4 is 0 Å². The fraction of sp³-hybridized carbons (Fsp3) is 0.571. The van der Waals surface area contributed by atoms with E-state index in [1.165, 1.54) is 12.1 Å². The largest absolute Gasteiger partial charge is 0.377 e. The van der Waals surface area contributed by atoms with E-state index in [0.29, 0.717) is 12.0 Å². The summed E-state index contributed by atoms with van der Waals surface area (Å²) >= 11 is 0. The van der Waals surface area contributed by atoms with Crippen molar-refractivity contribution in [2.45, 2.75) is 38.3 Å². The van der Waals surface area contributed by atoms with Gasteiger partial charge in [-0.2, -0.15) is 0 Å². The zero-order valence-corrected chi connectivity index (χ0v) is 11.4. The minimum Gasteiger partial charge on any atom is -0.377 e. The molecule has 102 valence electrons. The molecule has 0 radical (unpaired) electrons.